The number of likely N-dealkylation sites (N-methyl/N-ethyl adjacent to an activating group) is 1. The molecule has 11 heteroatoms. The van der Waals surface area contributed by atoms with Gasteiger partial charge in [0, 0.05) is 33.5 Å². The van der Waals surface area contributed by atoms with Crippen LogP contribution in [0.25, 0.3) is 0 Å². The molecular formula is C37H56N4O7. The van der Waals surface area contributed by atoms with Crippen molar-refractivity contribution in [1.82, 2.24) is 5.32 Å². The summed E-state index contributed by atoms with van der Waals surface area (Å²) >= 11 is 0. The summed E-state index contributed by atoms with van der Waals surface area (Å²) in [6.45, 7) is 2.73. The van der Waals surface area contributed by atoms with Crippen molar-refractivity contribution in [1.29, 1.82) is 0 Å². The van der Waals surface area contributed by atoms with E-state index in [-0.39, 0.29) is 35.1 Å². The summed E-state index contributed by atoms with van der Waals surface area (Å²) < 4.78 is 17.0. The summed E-state index contributed by atoms with van der Waals surface area (Å²) in [6, 6.07) is 8.87. The molecule has 0 radical (unpaired) electrons. The molecule has 3 rings (SSSR count). The number of anilines is 1. The van der Waals surface area contributed by atoms with Crippen LogP contribution in [0.4, 0.5) is 5.69 Å². The molecule has 11 nitrogen and oxygen atoms in total. The summed E-state index contributed by atoms with van der Waals surface area (Å²) in [7, 11) is 6.44. The number of carbonyl (C=O) groups excluding carboxylic acids is 1. The standard InChI is InChI=1S/C37H56N4O7/c1-6-7-8-9-25(10-13-29(42)14-11-26-12-15-31(43)32(20-26)46-4)18-28-19-30(41-36(38)40-3)35(45)33(21-28)48-37(24-39-2)17-16-27(23-37)22-34(44)47-5/h10,12-13,15,19-21,25,27,34,39,43-45H,6-9,11,14,16-18,22-24H2,1-5H3,(H3,38,40,41). The number of nitrogens with zero attached hydrogens (tertiary/aromatic N) is 1. The van der Waals surface area contributed by atoms with Crippen LogP contribution in [-0.4, -0.2) is 73.8 Å². The fourth-order valence-electron chi connectivity index (χ4n) is 6.47. The average molecular weight is 669 g/mol. The number of aliphatic hydroxyl groups excluding tert-OH is 1. The van der Waals surface area contributed by atoms with Crippen molar-refractivity contribution < 1.29 is 34.3 Å². The van der Waals surface area contributed by atoms with Crippen molar-refractivity contribution in [3.63, 3.8) is 0 Å². The van der Waals surface area contributed by atoms with E-state index < -0.39 is 11.9 Å². The van der Waals surface area contributed by atoms with Gasteiger partial charge < -0.3 is 45.9 Å². The lowest BCUT2D eigenvalue weighted by Crippen LogP contribution is -2.43. The van der Waals surface area contributed by atoms with Gasteiger partial charge in [0.1, 0.15) is 5.60 Å². The van der Waals surface area contributed by atoms with E-state index in [9.17, 15) is 20.1 Å². The van der Waals surface area contributed by atoms with E-state index in [1.165, 1.54) is 14.2 Å². The first-order valence-electron chi connectivity index (χ1n) is 17.0. The third-order valence-corrected chi connectivity index (χ3v) is 9.07. The molecule has 1 fully saturated rings. The van der Waals surface area contributed by atoms with Crippen LogP contribution in [0.1, 0.15) is 75.8 Å². The number of phenols is 2. The van der Waals surface area contributed by atoms with Crippen LogP contribution in [0.15, 0.2) is 47.5 Å². The molecule has 1 saturated carbocycles. The molecule has 0 bridgehead atoms. The number of aromatic hydroxyl groups is 2. The highest BCUT2D eigenvalue weighted by molar-refractivity contribution is 5.94. The molecule has 0 spiro atoms. The van der Waals surface area contributed by atoms with Crippen LogP contribution in [0.5, 0.6) is 23.0 Å². The molecule has 1 aliphatic carbocycles. The number of phenolic OH excluding ortho intramolecular Hbond substituents is 2. The quantitative estimate of drug-likeness (QED) is 0.0267. The predicted octanol–water partition coefficient (Wildman–Crippen LogP) is 5.45. The number of aryl methyl sites for hydroxylation is 1. The molecule has 2 aromatic carbocycles. The minimum absolute atomic E-state index is 0.0231. The number of ether oxygens (including phenoxy) is 3. The van der Waals surface area contributed by atoms with E-state index in [1.54, 1.807) is 31.3 Å². The Kier molecular flexibility index (Phi) is 15.5. The average Bonchev–Trinajstić information content (AvgIpc) is 3.46. The summed E-state index contributed by atoms with van der Waals surface area (Å²) in [5, 5.41) is 37.6. The molecule has 0 aliphatic heterocycles. The molecule has 0 aromatic heterocycles. The summed E-state index contributed by atoms with van der Waals surface area (Å²) in [5.74, 6) is 1.21. The van der Waals surface area contributed by atoms with Gasteiger partial charge in [-0.3, -0.25) is 9.79 Å². The number of aliphatic imine (C=N–C) groups is 1. The Balaban J connectivity index is 1.85. The van der Waals surface area contributed by atoms with E-state index in [0.717, 1.165) is 49.7 Å². The zero-order valence-corrected chi connectivity index (χ0v) is 29.3. The first kappa shape index (κ1) is 38.6. The second-order valence-corrected chi connectivity index (χ2v) is 12.9. The van der Waals surface area contributed by atoms with Crippen molar-refractivity contribution in [3.8, 4) is 23.0 Å². The van der Waals surface area contributed by atoms with E-state index in [0.29, 0.717) is 55.8 Å². The monoisotopic (exact) mass is 668 g/mol. The third-order valence-electron chi connectivity index (χ3n) is 9.07. The number of methoxy groups -OCH3 is 2. The molecule has 0 amide bonds. The second-order valence-electron chi connectivity index (χ2n) is 12.9. The lowest BCUT2D eigenvalue weighted by Gasteiger charge is -2.32. The highest BCUT2D eigenvalue weighted by atomic mass is 16.6. The summed E-state index contributed by atoms with van der Waals surface area (Å²) in [4.78, 5) is 17.0. The predicted molar refractivity (Wildman–Crippen MR) is 190 cm³/mol. The van der Waals surface area contributed by atoms with Crippen molar-refractivity contribution >= 4 is 17.4 Å². The number of guanidine groups is 1. The lowest BCUT2D eigenvalue weighted by molar-refractivity contribution is -0.114. The zero-order valence-electron chi connectivity index (χ0n) is 29.3. The Morgan fingerprint density at radius 1 is 1.17 bits per heavy atom. The fourth-order valence-corrected chi connectivity index (χ4v) is 6.47. The number of hydrogen-bond donors (Lipinski definition) is 6. The van der Waals surface area contributed by atoms with Gasteiger partial charge in [-0.1, -0.05) is 38.3 Å². The molecule has 266 valence electrons. The first-order chi connectivity index (χ1) is 23.0. The number of nitrogens with one attached hydrogen (secondary N) is 2. The highest BCUT2D eigenvalue weighted by Crippen LogP contribution is 2.44. The number of hydrogen-bond acceptors (Lipinski definition) is 9. The van der Waals surface area contributed by atoms with Crippen LogP contribution in [0.2, 0.25) is 0 Å². The van der Waals surface area contributed by atoms with Gasteiger partial charge in [-0.15, -0.1) is 0 Å². The van der Waals surface area contributed by atoms with Crippen molar-refractivity contribution in [2.75, 3.05) is 40.2 Å². The van der Waals surface area contributed by atoms with Gasteiger partial charge in [0.15, 0.2) is 41.0 Å². The van der Waals surface area contributed by atoms with Crippen LogP contribution < -0.4 is 25.8 Å². The van der Waals surface area contributed by atoms with Crippen molar-refractivity contribution in [3.05, 3.63) is 53.6 Å². The third kappa shape index (κ3) is 11.7. The Labute approximate surface area is 285 Å². The molecule has 2 aromatic rings. The molecule has 7 N–H and O–H groups in total. The smallest absolute Gasteiger partial charge is 0.192 e. The number of benzene rings is 2. The van der Waals surface area contributed by atoms with E-state index in [1.807, 2.05) is 25.3 Å². The Morgan fingerprint density at radius 2 is 1.94 bits per heavy atom. The highest BCUT2D eigenvalue weighted by Gasteiger charge is 2.42. The van der Waals surface area contributed by atoms with Crippen LogP contribution in [-0.2, 0) is 22.4 Å². The Hall–Kier alpha value is -3.80. The van der Waals surface area contributed by atoms with Gasteiger partial charge >= 0.3 is 0 Å². The van der Waals surface area contributed by atoms with Crippen molar-refractivity contribution in [2.45, 2.75) is 89.4 Å². The van der Waals surface area contributed by atoms with Gasteiger partial charge in [0.2, 0.25) is 0 Å². The number of allylic oxidation sites excluding steroid dienone is 2. The molecule has 4 atom stereocenters. The Bertz CT molecular complexity index is 1380. The minimum atomic E-state index is -0.829. The van der Waals surface area contributed by atoms with E-state index in [2.05, 4.69) is 22.5 Å². The maximum atomic E-state index is 12.9. The van der Waals surface area contributed by atoms with E-state index >= 15 is 0 Å². The maximum absolute atomic E-state index is 12.9. The van der Waals surface area contributed by atoms with Gasteiger partial charge in [-0.05, 0) is 98.9 Å². The number of carbonyl (C=O) groups is 1. The number of nitrogens with two attached hydrogens (primary N) is 1. The number of aliphatic hydroxyl groups is 1. The van der Waals surface area contributed by atoms with E-state index in [4.69, 9.17) is 19.9 Å². The molecule has 0 heterocycles. The van der Waals surface area contributed by atoms with Gasteiger partial charge in [0.25, 0.3) is 0 Å². The zero-order chi connectivity index (χ0) is 35.1. The molecule has 48 heavy (non-hydrogen) atoms. The van der Waals surface area contributed by atoms with Gasteiger partial charge in [-0.2, -0.15) is 0 Å². The maximum Gasteiger partial charge on any atom is 0.192 e. The SMILES string of the molecule is CCCCCC(C=CC(=O)CCc1ccc(O)c(OC)c1)Cc1cc(NC(N)=NC)c(O)c(OC2(CNC)CCC(CC(O)OC)C2)c1. The fraction of sp³-hybridized carbons (Fsp3) is 0.568. The molecular weight excluding hydrogens is 612 g/mol. The molecule has 4 unspecified atom stereocenters. The second kappa shape index (κ2) is 19.3. The van der Waals surface area contributed by atoms with Crippen LogP contribution in [0.3, 0.4) is 0 Å². The van der Waals surface area contributed by atoms with Crippen LogP contribution >= 0.6 is 0 Å². The first-order valence-corrected chi connectivity index (χ1v) is 17.0. The van der Waals surface area contributed by atoms with Gasteiger partial charge in [-0.25, -0.2) is 0 Å². The Morgan fingerprint density at radius 3 is 2.62 bits per heavy atom. The lowest BCUT2D eigenvalue weighted by atomic mass is 9.92. The summed E-state index contributed by atoms with van der Waals surface area (Å²) in [5.41, 5.74) is 7.67. The minimum Gasteiger partial charge on any atom is -0.504 e. The van der Waals surface area contributed by atoms with Gasteiger partial charge in [0.05, 0.1) is 12.8 Å². The number of rotatable bonds is 20. The topological polar surface area (TPSA) is 168 Å². The molecule has 1 aliphatic rings. The number of unbranched alkanes of at least 4 members (excludes halogenated alkanes) is 2. The normalized spacial score (nSPS) is 19.4. The largest absolute Gasteiger partial charge is 0.504 e. The van der Waals surface area contributed by atoms with Crippen LogP contribution in [0, 0.1) is 11.8 Å². The molecule has 0 saturated heterocycles. The number of ketones is 1. The van der Waals surface area contributed by atoms with Crippen molar-refractivity contribution in [2.24, 2.45) is 22.6 Å². The summed E-state index contributed by atoms with van der Waals surface area (Å²) in [6.07, 6.45) is 11.3.